The van der Waals surface area contributed by atoms with Gasteiger partial charge in [-0.2, -0.15) is 0 Å². The molecular weight excluding hydrogens is 348 g/mol. The lowest BCUT2D eigenvalue weighted by atomic mass is 10.2. The summed E-state index contributed by atoms with van der Waals surface area (Å²) >= 11 is 6.01. The fourth-order valence-corrected chi connectivity index (χ4v) is 3.53. The summed E-state index contributed by atoms with van der Waals surface area (Å²) in [6.45, 7) is 4.16. The maximum Gasteiger partial charge on any atom is 0.211 e. The van der Waals surface area contributed by atoms with E-state index in [-0.39, 0.29) is 0 Å². The summed E-state index contributed by atoms with van der Waals surface area (Å²) in [5.41, 5.74) is 1.10. The molecule has 0 atom stereocenters. The zero-order valence-corrected chi connectivity index (χ0v) is 16.4. The van der Waals surface area contributed by atoms with Gasteiger partial charge in [0.2, 0.25) is 10.0 Å². The maximum atomic E-state index is 11.5. The van der Waals surface area contributed by atoms with Crippen LogP contribution < -0.4 is 5.32 Å². The number of benzene rings is 1. The molecule has 0 amide bonds. The van der Waals surface area contributed by atoms with E-state index in [0.29, 0.717) is 37.6 Å². The highest BCUT2D eigenvalue weighted by Gasteiger charge is 2.13. The second kappa shape index (κ2) is 9.86. The van der Waals surface area contributed by atoms with Gasteiger partial charge in [0.25, 0.3) is 0 Å². The van der Waals surface area contributed by atoms with E-state index in [1.165, 1.54) is 10.6 Å². The predicted molar refractivity (Wildman–Crippen MR) is 101 cm³/mol. The summed E-state index contributed by atoms with van der Waals surface area (Å²) < 4.78 is 24.6. The number of rotatable bonds is 8. The average molecular weight is 375 g/mol. The normalized spacial score (nSPS) is 12.5. The molecule has 0 unspecified atom stereocenters. The van der Waals surface area contributed by atoms with Crippen molar-refractivity contribution in [1.29, 1.82) is 0 Å². The van der Waals surface area contributed by atoms with Gasteiger partial charge in [-0.15, -0.1) is 0 Å². The molecule has 0 heterocycles. The van der Waals surface area contributed by atoms with Gasteiger partial charge in [-0.1, -0.05) is 30.7 Å². The highest BCUT2D eigenvalue weighted by molar-refractivity contribution is 7.88. The summed E-state index contributed by atoms with van der Waals surface area (Å²) in [6, 6.07) is 7.71. The van der Waals surface area contributed by atoms with Crippen LogP contribution >= 0.6 is 11.6 Å². The number of nitrogens with zero attached hydrogens (tertiary/aromatic N) is 3. The molecule has 6 nitrogen and oxygen atoms in total. The fourth-order valence-electron chi connectivity index (χ4n) is 2.38. The molecule has 0 radical (unpaired) electrons. The summed E-state index contributed by atoms with van der Waals surface area (Å²) in [4.78, 5) is 6.26. The molecule has 0 aliphatic carbocycles. The van der Waals surface area contributed by atoms with Crippen molar-refractivity contribution in [3.63, 3.8) is 0 Å². The maximum absolute atomic E-state index is 11.5. The third kappa shape index (κ3) is 7.07. The van der Waals surface area contributed by atoms with Crippen molar-refractivity contribution in [2.45, 2.75) is 19.9 Å². The van der Waals surface area contributed by atoms with E-state index in [1.807, 2.05) is 43.1 Å². The minimum absolute atomic E-state index is 0.488. The van der Waals surface area contributed by atoms with E-state index in [4.69, 9.17) is 11.6 Å². The molecule has 1 aromatic carbocycles. The van der Waals surface area contributed by atoms with Crippen LogP contribution in [0.5, 0.6) is 0 Å². The summed E-state index contributed by atoms with van der Waals surface area (Å²) in [5, 5.41) is 3.97. The zero-order chi connectivity index (χ0) is 18.2. The topological polar surface area (TPSA) is 65.0 Å². The molecule has 0 bridgehead atoms. The molecule has 0 saturated carbocycles. The predicted octanol–water partition coefficient (Wildman–Crippen LogP) is 2.02. The van der Waals surface area contributed by atoms with Gasteiger partial charge in [-0.05, 0) is 24.1 Å². The number of guanidine groups is 1. The van der Waals surface area contributed by atoms with Crippen molar-refractivity contribution in [2.24, 2.45) is 4.99 Å². The third-order valence-electron chi connectivity index (χ3n) is 3.57. The molecule has 0 aliphatic rings. The van der Waals surface area contributed by atoms with Crippen molar-refractivity contribution in [2.75, 3.05) is 40.0 Å². The first-order valence-electron chi connectivity index (χ1n) is 7.89. The van der Waals surface area contributed by atoms with Crippen LogP contribution in [-0.2, 0) is 16.6 Å². The summed E-state index contributed by atoms with van der Waals surface area (Å²) in [6.07, 6.45) is 1.95. The van der Waals surface area contributed by atoms with E-state index in [0.717, 1.165) is 11.5 Å². The van der Waals surface area contributed by atoms with E-state index in [1.54, 1.807) is 7.05 Å². The Morgan fingerprint density at radius 2 is 2.08 bits per heavy atom. The van der Waals surface area contributed by atoms with Gasteiger partial charge < -0.3 is 10.2 Å². The first-order chi connectivity index (χ1) is 11.3. The molecule has 136 valence electrons. The Morgan fingerprint density at radius 1 is 1.38 bits per heavy atom. The van der Waals surface area contributed by atoms with Gasteiger partial charge in [-0.25, -0.2) is 12.7 Å². The van der Waals surface area contributed by atoms with Gasteiger partial charge in [0.1, 0.15) is 0 Å². The highest BCUT2D eigenvalue weighted by atomic mass is 35.5. The van der Waals surface area contributed by atoms with Crippen LogP contribution in [0.1, 0.15) is 18.9 Å². The Balaban J connectivity index is 2.47. The van der Waals surface area contributed by atoms with Crippen LogP contribution in [0.3, 0.4) is 0 Å². The largest absolute Gasteiger partial charge is 0.356 e. The number of aliphatic imine (C=N–C) groups is 1. The van der Waals surface area contributed by atoms with Crippen molar-refractivity contribution < 1.29 is 8.42 Å². The molecule has 24 heavy (non-hydrogen) atoms. The number of hydrogen-bond donors (Lipinski definition) is 1. The molecule has 0 saturated heterocycles. The van der Waals surface area contributed by atoms with Crippen LogP contribution in [0.15, 0.2) is 29.3 Å². The van der Waals surface area contributed by atoms with Crippen LogP contribution in [0.25, 0.3) is 0 Å². The van der Waals surface area contributed by atoms with Crippen LogP contribution in [0.4, 0.5) is 0 Å². The second-order valence-corrected chi connectivity index (χ2v) is 7.99. The molecular formula is C16H27ClN4O2S. The van der Waals surface area contributed by atoms with Gasteiger partial charge in [-0.3, -0.25) is 4.99 Å². The van der Waals surface area contributed by atoms with Crippen molar-refractivity contribution >= 4 is 27.6 Å². The Kier molecular flexibility index (Phi) is 8.52. The Labute approximate surface area is 150 Å². The van der Waals surface area contributed by atoms with E-state index in [2.05, 4.69) is 10.3 Å². The Hall–Kier alpha value is -1.31. The second-order valence-electron chi connectivity index (χ2n) is 5.57. The third-order valence-corrected chi connectivity index (χ3v) is 5.19. The Morgan fingerprint density at radius 3 is 2.62 bits per heavy atom. The molecule has 0 aliphatic heterocycles. The quantitative estimate of drug-likeness (QED) is 0.429. The molecule has 0 spiro atoms. The van der Waals surface area contributed by atoms with Gasteiger partial charge in [0, 0.05) is 45.3 Å². The SMILES string of the molecule is CCN(CCCNC(=NC)N(C)Cc1cccc(Cl)c1)S(C)(=O)=O. The first-order valence-corrected chi connectivity index (χ1v) is 10.1. The molecule has 0 aromatic heterocycles. The van der Waals surface area contributed by atoms with Gasteiger partial charge >= 0.3 is 0 Å². The highest BCUT2D eigenvalue weighted by Crippen LogP contribution is 2.12. The molecule has 0 fully saturated rings. The van der Waals surface area contributed by atoms with Crippen molar-refractivity contribution in [3.8, 4) is 0 Å². The van der Waals surface area contributed by atoms with E-state index in [9.17, 15) is 8.42 Å². The smallest absolute Gasteiger partial charge is 0.211 e. The number of halogens is 1. The van der Waals surface area contributed by atoms with E-state index < -0.39 is 10.0 Å². The monoisotopic (exact) mass is 374 g/mol. The fraction of sp³-hybridized carbons (Fsp3) is 0.562. The molecule has 1 rings (SSSR count). The van der Waals surface area contributed by atoms with Crippen LogP contribution in [0, 0.1) is 0 Å². The standard InChI is InChI=1S/C16H27ClN4O2S/c1-5-21(24(4,22)23)11-7-10-19-16(18-2)20(3)13-14-8-6-9-15(17)12-14/h6,8-9,12H,5,7,10-11,13H2,1-4H3,(H,18,19). The van der Waals surface area contributed by atoms with Gasteiger partial charge in [0.15, 0.2) is 5.96 Å². The molecule has 8 heteroatoms. The summed E-state index contributed by atoms with van der Waals surface area (Å²) in [5.74, 6) is 0.761. The minimum Gasteiger partial charge on any atom is -0.356 e. The van der Waals surface area contributed by atoms with Gasteiger partial charge in [0.05, 0.1) is 6.26 Å². The lowest BCUT2D eigenvalue weighted by Crippen LogP contribution is -2.40. The van der Waals surface area contributed by atoms with Crippen molar-refractivity contribution in [3.05, 3.63) is 34.9 Å². The zero-order valence-electron chi connectivity index (χ0n) is 14.8. The average Bonchev–Trinajstić information content (AvgIpc) is 2.49. The molecule has 1 N–H and O–H groups in total. The van der Waals surface area contributed by atoms with Crippen LogP contribution in [-0.4, -0.2) is 63.6 Å². The lowest BCUT2D eigenvalue weighted by Gasteiger charge is -2.23. The number of sulfonamides is 1. The number of hydrogen-bond acceptors (Lipinski definition) is 3. The minimum atomic E-state index is -3.13. The Bertz CT molecular complexity index is 649. The molecule has 1 aromatic rings. The lowest BCUT2D eigenvalue weighted by molar-refractivity contribution is 0.419. The van der Waals surface area contributed by atoms with Crippen LogP contribution in [0.2, 0.25) is 5.02 Å². The number of nitrogens with one attached hydrogen (secondary N) is 1. The van der Waals surface area contributed by atoms with E-state index >= 15 is 0 Å². The van der Waals surface area contributed by atoms with Crippen molar-refractivity contribution in [1.82, 2.24) is 14.5 Å². The first kappa shape index (κ1) is 20.7. The summed E-state index contributed by atoms with van der Waals surface area (Å²) in [7, 11) is 0.547.